The van der Waals surface area contributed by atoms with Gasteiger partial charge >= 0.3 is 5.97 Å². The highest BCUT2D eigenvalue weighted by atomic mass is 32.2. The first-order chi connectivity index (χ1) is 12.9. The first kappa shape index (κ1) is 19.1. The van der Waals surface area contributed by atoms with Gasteiger partial charge in [-0.25, -0.2) is 8.42 Å². The molecule has 1 amide bonds. The third-order valence-electron chi connectivity index (χ3n) is 4.43. The molecule has 0 aromatic heterocycles. The van der Waals surface area contributed by atoms with E-state index in [0.717, 1.165) is 12.8 Å². The van der Waals surface area contributed by atoms with E-state index in [2.05, 4.69) is 5.32 Å². The molecule has 2 aromatic carbocycles. The average Bonchev–Trinajstić information content (AvgIpc) is 3.18. The number of rotatable bonds is 6. The number of benzene rings is 2. The largest absolute Gasteiger partial charge is 0.481 e. The monoisotopic (exact) mass is 388 g/mol. The average molecular weight is 388 g/mol. The second-order valence-corrected chi connectivity index (χ2v) is 8.26. The van der Waals surface area contributed by atoms with E-state index in [1.54, 1.807) is 24.3 Å². The maximum atomic E-state index is 12.5. The van der Waals surface area contributed by atoms with Crippen LogP contribution in [0.15, 0.2) is 53.4 Å². The van der Waals surface area contributed by atoms with E-state index in [9.17, 15) is 18.0 Å². The summed E-state index contributed by atoms with van der Waals surface area (Å²) >= 11 is 0. The van der Waals surface area contributed by atoms with Gasteiger partial charge in [0.1, 0.15) is 0 Å². The zero-order chi connectivity index (χ0) is 19.4. The number of carboxylic acids is 1. The van der Waals surface area contributed by atoms with Crippen molar-refractivity contribution in [2.45, 2.75) is 24.2 Å². The van der Waals surface area contributed by atoms with E-state index in [4.69, 9.17) is 5.11 Å². The van der Waals surface area contributed by atoms with Crippen molar-refractivity contribution in [3.63, 3.8) is 0 Å². The second-order valence-electron chi connectivity index (χ2n) is 6.32. The second kappa shape index (κ2) is 7.89. The maximum absolute atomic E-state index is 12.5. The number of hydrogen-bond donors (Lipinski definition) is 2. The molecule has 2 aromatic rings. The predicted molar refractivity (Wildman–Crippen MR) is 100 cm³/mol. The summed E-state index contributed by atoms with van der Waals surface area (Å²) in [6.45, 7) is 1.04. The van der Waals surface area contributed by atoms with E-state index in [1.807, 2.05) is 0 Å². The Labute approximate surface area is 157 Å². The number of nitrogens with one attached hydrogen (secondary N) is 1. The van der Waals surface area contributed by atoms with E-state index in [-0.39, 0.29) is 11.3 Å². The molecule has 0 unspecified atom stereocenters. The summed E-state index contributed by atoms with van der Waals surface area (Å²) in [4.78, 5) is 23.6. The number of carbonyl (C=O) groups excluding carboxylic acids is 1. The molecule has 1 saturated heterocycles. The SMILES string of the molecule is O=C(O)Cc1ccccc1NC(=O)c1ccc(S(=O)(=O)N2CCCC2)cc1. The molecule has 1 aliphatic heterocycles. The van der Waals surface area contributed by atoms with Gasteiger partial charge in [0.25, 0.3) is 5.91 Å². The zero-order valence-corrected chi connectivity index (χ0v) is 15.4. The molecule has 0 atom stereocenters. The molecule has 1 heterocycles. The van der Waals surface area contributed by atoms with Gasteiger partial charge in [0.05, 0.1) is 11.3 Å². The fraction of sp³-hybridized carbons (Fsp3) is 0.263. The highest BCUT2D eigenvalue weighted by molar-refractivity contribution is 7.89. The Morgan fingerprint density at radius 1 is 1.00 bits per heavy atom. The van der Waals surface area contributed by atoms with Crippen LogP contribution in [0.3, 0.4) is 0 Å². The Bertz CT molecular complexity index is 948. The normalized spacial score (nSPS) is 14.8. The van der Waals surface area contributed by atoms with Crippen molar-refractivity contribution >= 4 is 27.6 Å². The van der Waals surface area contributed by atoms with Crippen LogP contribution < -0.4 is 5.32 Å². The van der Waals surface area contributed by atoms with E-state index in [1.165, 1.54) is 28.6 Å². The van der Waals surface area contributed by atoms with Crippen molar-refractivity contribution < 1.29 is 23.1 Å². The van der Waals surface area contributed by atoms with E-state index >= 15 is 0 Å². The molecular formula is C19H20N2O5S. The molecule has 1 fully saturated rings. The first-order valence-corrected chi connectivity index (χ1v) is 10.0. The minimum atomic E-state index is -3.52. The Kier molecular flexibility index (Phi) is 5.57. The van der Waals surface area contributed by atoms with Crippen LogP contribution >= 0.6 is 0 Å². The van der Waals surface area contributed by atoms with Gasteiger partial charge in [0.2, 0.25) is 10.0 Å². The van der Waals surface area contributed by atoms with Crippen LogP contribution in [0.5, 0.6) is 0 Å². The van der Waals surface area contributed by atoms with Gasteiger partial charge in [-0.2, -0.15) is 4.31 Å². The van der Waals surface area contributed by atoms with Crippen LogP contribution in [0, 0.1) is 0 Å². The maximum Gasteiger partial charge on any atom is 0.307 e. The van der Waals surface area contributed by atoms with Crippen LogP contribution in [-0.4, -0.2) is 42.8 Å². The molecule has 3 rings (SSSR count). The van der Waals surface area contributed by atoms with Crippen molar-refractivity contribution in [1.82, 2.24) is 4.31 Å². The van der Waals surface area contributed by atoms with Crippen molar-refractivity contribution in [2.75, 3.05) is 18.4 Å². The van der Waals surface area contributed by atoms with Gasteiger partial charge in [0.15, 0.2) is 0 Å². The quantitative estimate of drug-likeness (QED) is 0.791. The van der Waals surface area contributed by atoms with E-state index < -0.39 is 21.9 Å². The van der Waals surface area contributed by atoms with Crippen LogP contribution in [0.1, 0.15) is 28.8 Å². The zero-order valence-electron chi connectivity index (χ0n) is 14.6. The van der Waals surface area contributed by atoms with Crippen LogP contribution in [0.2, 0.25) is 0 Å². The number of hydrogen-bond acceptors (Lipinski definition) is 4. The molecule has 8 heteroatoms. The smallest absolute Gasteiger partial charge is 0.307 e. The Hall–Kier alpha value is -2.71. The molecule has 0 spiro atoms. The van der Waals surface area contributed by atoms with Gasteiger partial charge in [-0.15, -0.1) is 0 Å². The number of nitrogens with zero attached hydrogens (tertiary/aromatic N) is 1. The Morgan fingerprint density at radius 2 is 1.63 bits per heavy atom. The molecule has 2 N–H and O–H groups in total. The predicted octanol–water partition coefficient (Wildman–Crippen LogP) is 2.35. The number of carbonyl (C=O) groups is 2. The summed E-state index contributed by atoms with van der Waals surface area (Å²) in [5.74, 6) is -1.42. The van der Waals surface area contributed by atoms with Crippen LogP contribution in [0.25, 0.3) is 0 Å². The standard InChI is InChI=1S/C19H20N2O5S/c22-18(23)13-15-5-1-2-6-17(15)20-19(24)14-7-9-16(10-8-14)27(25,26)21-11-3-4-12-21/h1-2,5-10H,3-4,11-13H2,(H,20,24)(H,22,23). The lowest BCUT2D eigenvalue weighted by atomic mass is 10.1. The summed E-state index contributed by atoms with van der Waals surface area (Å²) in [7, 11) is -3.52. The number of sulfonamides is 1. The summed E-state index contributed by atoms with van der Waals surface area (Å²) in [6, 6.07) is 12.4. The van der Waals surface area contributed by atoms with Gasteiger partial charge < -0.3 is 10.4 Å². The summed E-state index contributed by atoms with van der Waals surface area (Å²) in [5.41, 5.74) is 1.20. The number of carboxylic acid groups (broad SMARTS) is 1. The number of aliphatic carboxylic acids is 1. The van der Waals surface area contributed by atoms with Crippen molar-refractivity contribution in [2.24, 2.45) is 0 Å². The van der Waals surface area contributed by atoms with Gasteiger partial charge in [-0.1, -0.05) is 18.2 Å². The molecule has 0 radical (unpaired) electrons. The molecule has 0 saturated carbocycles. The van der Waals surface area contributed by atoms with Crippen molar-refractivity contribution in [3.05, 3.63) is 59.7 Å². The van der Waals surface area contributed by atoms with Gasteiger partial charge in [-0.05, 0) is 48.7 Å². The highest BCUT2D eigenvalue weighted by Gasteiger charge is 2.27. The third-order valence-corrected chi connectivity index (χ3v) is 6.34. The lowest BCUT2D eigenvalue weighted by Crippen LogP contribution is -2.27. The fourth-order valence-electron chi connectivity index (χ4n) is 3.01. The molecule has 27 heavy (non-hydrogen) atoms. The van der Waals surface area contributed by atoms with Crippen LogP contribution in [-0.2, 0) is 21.2 Å². The molecule has 0 bridgehead atoms. The van der Waals surface area contributed by atoms with E-state index in [0.29, 0.717) is 29.9 Å². The number of para-hydroxylation sites is 1. The topological polar surface area (TPSA) is 104 Å². The number of anilines is 1. The fourth-order valence-corrected chi connectivity index (χ4v) is 4.53. The number of amides is 1. The van der Waals surface area contributed by atoms with Crippen molar-refractivity contribution in [1.29, 1.82) is 0 Å². The lowest BCUT2D eigenvalue weighted by Gasteiger charge is -2.15. The van der Waals surface area contributed by atoms with Crippen LogP contribution in [0.4, 0.5) is 5.69 Å². The minimum Gasteiger partial charge on any atom is -0.481 e. The van der Waals surface area contributed by atoms with Gasteiger partial charge in [0, 0.05) is 24.3 Å². The first-order valence-electron chi connectivity index (χ1n) is 8.59. The van der Waals surface area contributed by atoms with Crippen molar-refractivity contribution in [3.8, 4) is 0 Å². The summed E-state index contributed by atoms with van der Waals surface area (Å²) < 4.78 is 26.5. The summed E-state index contributed by atoms with van der Waals surface area (Å²) in [5, 5.41) is 11.6. The van der Waals surface area contributed by atoms with Gasteiger partial charge in [-0.3, -0.25) is 9.59 Å². The molecular weight excluding hydrogens is 368 g/mol. The molecule has 7 nitrogen and oxygen atoms in total. The Morgan fingerprint density at radius 3 is 2.26 bits per heavy atom. The molecule has 142 valence electrons. The molecule has 0 aliphatic carbocycles. The summed E-state index contributed by atoms with van der Waals surface area (Å²) in [6.07, 6.45) is 1.51. The third kappa shape index (κ3) is 4.35. The highest BCUT2D eigenvalue weighted by Crippen LogP contribution is 2.22. The lowest BCUT2D eigenvalue weighted by molar-refractivity contribution is -0.136. The Balaban J connectivity index is 1.76. The minimum absolute atomic E-state index is 0.159. The molecule has 1 aliphatic rings.